The first-order chi connectivity index (χ1) is 18.7. The van der Waals surface area contributed by atoms with Gasteiger partial charge in [0.1, 0.15) is 5.54 Å². The monoisotopic (exact) mass is 613 g/mol. The van der Waals surface area contributed by atoms with Crippen LogP contribution in [0.5, 0.6) is 0 Å². The molecule has 1 spiro atoms. The fourth-order valence-electron chi connectivity index (χ4n) is 6.81. The molecule has 0 N–H and O–H groups in total. The normalized spacial score (nSPS) is 16.7. The van der Waals surface area contributed by atoms with Crippen LogP contribution < -0.4 is 4.90 Å². The molecule has 1 heterocycles. The number of benzene rings is 6. The zero-order valence-corrected chi connectivity index (χ0v) is 23.5. The molecule has 1 unspecified atom stereocenters. The van der Waals surface area contributed by atoms with E-state index in [1.165, 1.54) is 61.1 Å². The molecule has 0 amide bonds. The van der Waals surface area contributed by atoms with E-state index in [4.69, 9.17) is 0 Å². The van der Waals surface area contributed by atoms with Crippen LogP contribution in [0.25, 0.3) is 33.0 Å². The van der Waals surface area contributed by atoms with Crippen molar-refractivity contribution in [1.82, 2.24) is 0 Å². The summed E-state index contributed by atoms with van der Waals surface area (Å²) < 4.78 is 2.12. The average Bonchev–Trinajstić information content (AvgIpc) is 3.41. The third kappa shape index (κ3) is 2.86. The van der Waals surface area contributed by atoms with Gasteiger partial charge in [0.25, 0.3) is 0 Å². The quantitative estimate of drug-likeness (QED) is 0.187. The minimum atomic E-state index is -0.476. The maximum atomic E-state index is 3.72. The lowest BCUT2D eigenvalue weighted by atomic mass is 9.79. The Morgan fingerprint density at radius 2 is 1.16 bits per heavy atom. The minimum absolute atomic E-state index is 0.476. The number of hydrogen-bond acceptors (Lipinski definition) is 1. The van der Waals surface area contributed by atoms with Crippen molar-refractivity contribution >= 4 is 54.0 Å². The van der Waals surface area contributed by atoms with E-state index < -0.39 is 5.54 Å². The summed E-state index contributed by atoms with van der Waals surface area (Å²) in [7, 11) is 0. The van der Waals surface area contributed by atoms with Gasteiger partial charge in [-0.1, -0.05) is 123 Å². The predicted octanol–water partition coefficient (Wildman–Crippen LogP) is 10.5. The topological polar surface area (TPSA) is 3.24 Å². The number of para-hydroxylation sites is 1. The van der Waals surface area contributed by atoms with Crippen LogP contribution in [0.4, 0.5) is 11.4 Å². The van der Waals surface area contributed by atoms with Gasteiger partial charge in [-0.05, 0) is 80.7 Å². The molecular weight excluding hydrogens is 594 g/mol. The van der Waals surface area contributed by atoms with Gasteiger partial charge in [-0.3, -0.25) is 0 Å². The molecule has 8 rings (SSSR count). The van der Waals surface area contributed by atoms with E-state index >= 15 is 0 Å². The predicted molar refractivity (Wildman–Crippen MR) is 165 cm³/mol. The van der Waals surface area contributed by atoms with Crippen LogP contribution in [0, 0.1) is 0 Å². The second-order valence-corrected chi connectivity index (χ2v) is 11.8. The maximum Gasteiger partial charge on any atom is 0.123 e. The molecule has 0 fully saturated rings. The highest BCUT2D eigenvalue weighted by Crippen LogP contribution is 2.64. The van der Waals surface area contributed by atoms with Crippen molar-refractivity contribution in [1.29, 1.82) is 0 Å². The van der Waals surface area contributed by atoms with E-state index in [-0.39, 0.29) is 0 Å². The van der Waals surface area contributed by atoms with Gasteiger partial charge in [0.2, 0.25) is 0 Å². The summed E-state index contributed by atoms with van der Waals surface area (Å²) in [5.41, 5.74) is 11.0. The van der Waals surface area contributed by atoms with Crippen molar-refractivity contribution in [3.63, 3.8) is 0 Å². The summed E-state index contributed by atoms with van der Waals surface area (Å²) in [6.07, 6.45) is 0. The molecular formula is C35H21Br2N. The standard InChI is InChI=1S/C35H21Br2N/c36-24-19-23(20-25(37)21-24)27-14-8-17-31-34(27)28-13-4-5-15-29(28)35(31)30-16-6-9-22-10-7-18-32(33(22)30)38(35)26-11-2-1-3-12-26/h1-21H. The molecule has 3 heteroatoms. The molecule has 6 aromatic rings. The molecule has 0 saturated heterocycles. The first-order valence-electron chi connectivity index (χ1n) is 12.8. The Kier molecular flexibility index (Phi) is 4.80. The van der Waals surface area contributed by atoms with Crippen molar-refractivity contribution in [2.45, 2.75) is 5.54 Å². The van der Waals surface area contributed by atoms with Gasteiger partial charge in [0, 0.05) is 20.0 Å². The van der Waals surface area contributed by atoms with Crippen LogP contribution >= 0.6 is 31.9 Å². The first kappa shape index (κ1) is 22.3. The highest BCUT2D eigenvalue weighted by Gasteiger charge is 2.54. The maximum absolute atomic E-state index is 3.72. The zero-order chi connectivity index (χ0) is 25.4. The molecule has 0 aromatic heterocycles. The van der Waals surface area contributed by atoms with E-state index in [1.54, 1.807) is 0 Å². The Balaban J connectivity index is 1.55. The lowest BCUT2D eigenvalue weighted by Crippen LogP contribution is -2.41. The van der Waals surface area contributed by atoms with Crippen molar-refractivity contribution in [3.05, 3.63) is 153 Å². The second-order valence-electron chi connectivity index (χ2n) is 9.99. The van der Waals surface area contributed by atoms with E-state index in [2.05, 4.69) is 164 Å². The molecule has 1 atom stereocenters. The lowest BCUT2D eigenvalue weighted by Gasteiger charge is -2.40. The fraction of sp³-hybridized carbons (Fsp3) is 0.0286. The fourth-order valence-corrected chi connectivity index (χ4v) is 8.10. The van der Waals surface area contributed by atoms with Crippen LogP contribution in [-0.2, 0) is 5.54 Å². The van der Waals surface area contributed by atoms with Crippen LogP contribution in [0.2, 0.25) is 0 Å². The van der Waals surface area contributed by atoms with Crippen molar-refractivity contribution in [3.8, 4) is 22.3 Å². The summed E-state index contributed by atoms with van der Waals surface area (Å²) >= 11 is 7.45. The highest BCUT2D eigenvalue weighted by atomic mass is 79.9. The summed E-state index contributed by atoms with van der Waals surface area (Å²) in [4.78, 5) is 2.58. The number of anilines is 2. The number of rotatable bonds is 2. The average molecular weight is 615 g/mol. The second kappa shape index (κ2) is 8.17. The van der Waals surface area contributed by atoms with Crippen LogP contribution in [0.15, 0.2) is 136 Å². The van der Waals surface area contributed by atoms with Crippen LogP contribution in [0.1, 0.15) is 16.7 Å². The SMILES string of the molecule is Brc1cc(Br)cc(-c2cccc3c2-c2ccccc2C32c3cccc4cccc(c34)N2c2ccccc2)c1. The van der Waals surface area contributed by atoms with Gasteiger partial charge in [-0.2, -0.15) is 0 Å². The third-order valence-electron chi connectivity index (χ3n) is 8.08. The van der Waals surface area contributed by atoms with E-state index in [1.807, 2.05) is 0 Å². The van der Waals surface area contributed by atoms with E-state index in [0.29, 0.717) is 0 Å². The lowest BCUT2D eigenvalue weighted by molar-refractivity contribution is 0.669. The molecule has 1 aliphatic carbocycles. The van der Waals surface area contributed by atoms with Gasteiger partial charge in [0.15, 0.2) is 0 Å². The smallest absolute Gasteiger partial charge is 0.123 e. The molecule has 180 valence electrons. The number of halogens is 2. The third-order valence-corrected chi connectivity index (χ3v) is 8.99. The zero-order valence-electron chi connectivity index (χ0n) is 20.3. The Morgan fingerprint density at radius 3 is 1.97 bits per heavy atom. The van der Waals surface area contributed by atoms with Crippen LogP contribution in [-0.4, -0.2) is 0 Å². The summed E-state index contributed by atoms with van der Waals surface area (Å²) in [6, 6.07) is 46.7. The summed E-state index contributed by atoms with van der Waals surface area (Å²) in [5, 5.41) is 2.60. The summed E-state index contributed by atoms with van der Waals surface area (Å²) in [6.45, 7) is 0. The molecule has 38 heavy (non-hydrogen) atoms. The Morgan fingerprint density at radius 1 is 0.526 bits per heavy atom. The number of hydrogen-bond donors (Lipinski definition) is 0. The van der Waals surface area contributed by atoms with Crippen LogP contribution in [0.3, 0.4) is 0 Å². The Labute approximate surface area is 238 Å². The van der Waals surface area contributed by atoms with Crippen molar-refractivity contribution in [2.75, 3.05) is 4.90 Å². The molecule has 2 aliphatic rings. The van der Waals surface area contributed by atoms with Crippen molar-refractivity contribution < 1.29 is 0 Å². The molecule has 1 aliphatic heterocycles. The largest absolute Gasteiger partial charge is 0.322 e. The molecule has 1 nitrogen and oxygen atoms in total. The van der Waals surface area contributed by atoms with E-state index in [0.717, 1.165) is 8.95 Å². The summed E-state index contributed by atoms with van der Waals surface area (Å²) in [5.74, 6) is 0. The molecule has 6 aromatic carbocycles. The molecule has 0 saturated carbocycles. The molecule has 0 bridgehead atoms. The number of nitrogens with zero attached hydrogens (tertiary/aromatic N) is 1. The van der Waals surface area contributed by atoms with Gasteiger partial charge in [-0.15, -0.1) is 0 Å². The van der Waals surface area contributed by atoms with Gasteiger partial charge >= 0.3 is 0 Å². The number of fused-ring (bicyclic) bond motifs is 6. The van der Waals surface area contributed by atoms with E-state index in [9.17, 15) is 0 Å². The molecule has 0 radical (unpaired) electrons. The van der Waals surface area contributed by atoms with Gasteiger partial charge in [0.05, 0.1) is 5.69 Å². The Hall–Kier alpha value is -3.66. The van der Waals surface area contributed by atoms with Crippen molar-refractivity contribution in [2.24, 2.45) is 0 Å². The van der Waals surface area contributed by atoms with Gasteiger partial charge in [-0.25, -0.2) is 0 Å². The highest BCUT2D eigenvalue weighted by molar-refractivity contribution is 9.11. The Bertz CT molecular complexity index is 1880. The first-order valence-corrected chi connectivity index (χ1v) is 14.3. The minimum Gasteiger partial charge on any atom is -0.322 e. The van der Waals surface area contributed by atoms with Gasteiger partial charge < -0.3 is 4.90 Å².